The Morgan fingerprint density at radius 1 is 1.25 bits per heavy atom. The molecule has 0 radical (unpaired) electrons. The van der Waals surface area contributed by atoms with Crippen molar-refractivity contribution in [2.45, 2.75) is 25.1 Å². The predicted molar refractivity (Wildman–Crippen MR) is 52.2 cm³/mol. The van der Waals surface area contributed by atoms with Gasteiger partial charge in [-0.2, -0.15) is 0 Å². The zero-order valence-corrected chi connectivity index (χ0v) is 6.67. The Kier molecular flexibility index (Phi) is 1.00. The van der Waals surface area contributed by atoms with Gasteiger partial charge in [0, 0.05) is 5.48 Å². The lowest BCUT2D eigenvalue weighted by molar-refractivity contribution is 0.617. The maximum Gasteiger partial charge on any atom is 0.0573 e. The summed E-state index contributed by atoms with van der Waals surface area (Å²) in [7, 11) is 0. The van der Waals surface area contributed by atoms with Crippen LogP contribution in [0.1, 0.15) is 38.9 Å². The lowest BCUT2D eigenvalue weighted by Gasteiger charge is -2.17. The molecule has 1 aliphatic rings. The van der Waals surface area contributed by atoms with Crippen LogP contribution in [-0.2, 0) is 0 Å². The predicted octanol–water partition coefficient (Wildman–Crippen LogP) is 3.51. The molecular formula is C12H14. The van der Waals surface area contributed by atoms with Crippen molar-refractivity contribution in [3.8, 4) is 0 Å². The third-order valence-electron chi connectivity index (χ3n) is 1.91. The van der Waals surface area contributed by atoms with Gasteiger partial charge in [0.25, 0.3) is 0 Å². The molecule has 0 fully saturated rings. The maximum absolute atomic E-state index is 7.97. The molecule has 0 N–H and O–H groups in total. The smallest absolute Gasteiger partial charge is 0.0573 e. The molecular weight excluding hydrogens is 144 g/mol. The largest absolute Gasteiger partial charge is 0.0885 e. The molecule has 0 aromatic heterocycles. The molecule has 1 aliphatic carbocycles. The van der Waals surface area contributed by atoms with Gasteiger partial charge in [-0.25, -0.2) is 0 Å². The third-order valence-corrected chi connectivity index (χ3v) is 1.91. The summed E-state index contributed by atoms with van der Waals surface area (Å²) in [6, 6.07) is 7.73. The van der Waals surface area contributed by atoms with Gasteiger partial charge in [0.15, 0.2) is 0 Å². The van der Waals surface area contributed by atoms with Crippen molar-refractivity contribution in [1.82, 2.24) is 0 Å². The van der Waals surface area contributed by atoms with Crippen LogP contribution in [-0.4, -0.2) is 0 Å². The van der Waals surface area contributed by atoms with E-state index >= 15 is 0 Å². The molecule has 1 atom stereocenters. The molecule has 1 unspecified atom stereocenters. The first-order valence-electron chi connectivity index (χ1n) is 7.00. The van der Waals surface area contributed by atoms with E-state index in [4.69, 9.17) is 8.22 Å². The second-order valence-electron chi connectivity index (χ2n) is 2.74. The average molecular weight is 164 g/mol. The standard InChI is InChI=1S/C12H14/c1-3-7-11(8-4-1)12-9-5-2-6-10-12/h1-5,7-8,12H,6,9-10H2/i2D,5D,6D2,9D2. The molecule has 1 aromatic carbocycles. The Bertz CT molecular complexity index is 477. The molecule has 0 amide bonds. The summed E-state index contributed by atoms with van der Waals surface area (Å²) in [6.07, 6.45) is -4.04. The molecule has 0 heterocycles. The van der Waals surface area contributed by atoms with Crippen LogP contribution >= 0.6 is 0 Å². The van der Waals surface area contributed by atoms with Crippen LogP contribution < -0.4 is 0 Å². The Morgan fingerprint density at radius 2 is 2.08 bits per heavy atom. The van der Waals surface area contributed by atoms with Crippen molar-refractivity contribution in [1.29, 1.82) is 0 Å². The summed E-state index contributed by atoms with van der Waals surface area (Å²) < 4.78 is 46.7. The lowest BCUT2D eigenvalue weighted by atomic mass is 9.88. The van der Waals surface area contributed by atoms with Crippen LogP contribution in [0, 0.1) is 0 Å². The molecule has 0 saturated carbocycles. The highest BCUT2D eigenvalue weighted by Gasteiger charge is 2.10. The van der Waals surface area contributed by atoms with Gasteiger partial charge in [-0.05, 0) is 30.6 Å². The van der Waals surface area contributed by atoms with E-state index in [1.807, 2.05) is 6.07 Å². The summed E-state index contributed by atoms with van der Waals surface area (Å²) >= 11 is 0. The van der Waals surface area contributed by atoms with Crippen molar-refractivity contribution in [3.05, 3.63) is 48.0 Å². The highest BCUT2D eigenvalue weighted by atomic mass is 14.2. The van der Waals surface area contributed by atoms with Crippen molar-refractivity contribution >= 4 is 0 Å². The van der Waals surface area contributed by atoms with Crippen LogP contribution in [0.25, 0.3) is 0 Å². The fraction of sp³-hybridized carbons (Fsp3) is 0.333. The summed E-state index contributed by atoms with van der Waals surface area (Å²) in [5.74, 6) is -0.727. The normalized spacial score (nSPS) is 39.8. The number of hydrogen-bond donors (Lipinski definition) is 0. The summed E-state index contributed by atoms with van der Waals surface area (Å²) in [6.45, 7) is 0. The van der Waals surface area contributed by atoms with Gasteiger partial charge in [-0.3, -0.25) is 0 Å². The molecule has 0 bridgehead atoms. The van der Waals surface area contributed by atoms with Gasteiger partial charge in [0.2, 0.25) is 0 Å². The van der Waals surface area contributed by atoms with E-state index in [1.165, 1.54) is 0 Å². The third kappa shape index (κ3) is 1.58. The zero-order chi connectivity index (χ0) is 13.6. The minimum Gasteiger partial charge on any atom is -0.0885 e. The second-order valence-corrected chi connectivity index (χ2v) is 2.74. The average Bonchev–Trinajstić information content (AvgIpc) is 2.33. The Labute approximate surface area is 82.4 Å². The highest BCUT2D eigenvalue weighted by molar-refractivity contribution is 5.21. The topological polar surface area (TPSA) is 0 Å². The Balaban J connectivity index is 2.52. The minimum absolute atomic E-state index is 0.106. The van der Waals surface area contributed by atoms with E-state index < -0.39 is 30.8 Å². The van der Waals surface area contributed by atoms with Gasteiger partial charge >= 0.3 is 0 Å². The molecule has 0 nitrogen and oxygen atoms in total. The molecule has 0 spiro atoms. The number of hydrogen-bond acceptors (Lipinski definition) is 0. The Morgan fingerprint density at radius 3 is 2.92 bits per heavy atom. The lowest BCUT2D eigenvalue weighted by Crippen LogP contribution is -1.99. The first kappa shape index (κ1) is 3.37. The van der Waals surface area contributed by atoms with Gasteiger partial charge in [0.1, 0.15) is 0 Å². The van der Waals surface area contributed by atoms with Gasteiger partial charge in [-0.15, -0.1) is 0 Å². The maximum atomic E-state index is 7.97. The van der Waals surface area contributed by atoms with E-state index in [-0.39, 0.29) is 6.42 Å². The highest BCUT2D eigenvalue weighted by Crippen LogP contribution is 2.28. The van der Waals surface area contributed by atoms with Crippen molar-refractivity contribution in [2.75, 3.05) is 0 Å². The molecule has 12 heavy (non-hydrogen) atoms. The molecule has 2 rings (SSSR count). The first-order valence-corrected chi connectivity index (χ1v) is 4.00. The van der Waals surface area contributed by atoms with Crippen LogP contribution in [0.3, 0.4) is 0 Å². The van der Waals surface area contributed by atoms with Crippen LogP contribution in [0.5, 0.6) is 0 Å². The van der Waals surface area contributed by atoms with E-state index in [1.54, 1.807) is 24.3 Å². The summed E-state index contributed by atoms with van der Waals surface area (Å²) in [5, 5.41) is 0. The van der Waals surface area contributed by atoms with Gasteiger partial charge in [0.05, 0.1) is 2.74 Å². The fourth-order valence-electron chi connectivity index (χ4n) is 1.26. The SMILES string of the molecule is [2H]C1=C([2H])C([2H])([2H])C(c2ccccc2)CC1([2H])[2H]. The van der Waals surface area contributed by atoms with Crippen LogP contribution in [0.4, 0.5) is 0 Å². The molecule has 0 heteroatoms. The van der Waals surface area contributed by atoms with E-state index in [2.05, 4.69) is 0 Å². The van der Waals surface area contributed by atoms with Gasteiger partial charge < -0.3 is 0 Å². The van der Waals surface area contributed by atoms with Crippen molar-refractivity contribution in [2.24, 2.45) is 0 Å². The Hall–Kier alpha value is -1.04. The van der Waals surface area contributed by atoms with E-state index in [0.29, 0.717) is 5.56 Å². The summed E-state index contributed by atoms with van der Waals surface area (Å²) in [5.41, 5.74) is 0.670. The minimum atomic E-state index is -2.00. The van der Waals surface area contributed by atoms with Crippen LogP contribution in [0.2, 0.25) is 0 Å². The number of benzene rings is 1. The summed E-state index contributed by atoms with van der Waals surface area (Å²) in [4.78, 5) is 0. The number of rotatable bonds is 1. The molecule has 1 aromatic rings. The van der Waals surface area contributed by atoms with E-state index in [0.717, 1.165) is 0 Å². The quantitative estimate of drug-likeness (QED) is 0.557. The van der Waals surface area contributed by atoms with Gasteiger partial charge in [-0.1, -0.05) is 42.4 Å². The van der Waals surface area contributed by atoms with E-state index in [9.17, 15) is 0 Å². The fourth-order valence-corrected chi connectivity index (χ4v) is 1.26. The second kappa shape index (κ2) is 3.57. The van der Waals surface area contributed by atoms with Crippen molar-refractivity contribution < 1.29 is 8.22 Å². The zero-order valence-electron chi connectivity index (χ0n) is 12.7. The molecule has 62 valence electrons. The first-order chi connectivity index (χ1) is 8.27. The molecule has 0 saturated heterocycles. The van der Waals surface area contributed by atoms with Crippen LogP contribution in [0.15, 0.2) is 42.4 Å². The monoisotopic (exact) mass is 164 g/mol. The molecule has 0 aliphatic heterocycles. The number of allylic oxidation sites excluding steroid dienone is 2. The van der Waals surface area contributed by atoms with Crippen molar-refractivity contribution in [3.63, 3.8) is 0 Å².